The van der Waals surface area contributed by atoms with Gasteiger partial charge in [0, 0.05) is 33.4 Å². The number of furan rings is 1. The second-order valence-electron chi connectivity index (χ2n) is 13.8. The molecule has 2 aromatic heterocycles. The zero-order chi connectivity index (χ0) is 34.1. The Bertz CT molecular complexity index is 2780. The van der Waals surface area contributed by atoms with Gasteiger partial charge in [-0.3, -0.25) is 4.90 Å². The molecule has 0 spiro atoms. The Morgan fingerprint density at radius 3 is 1.96 bits per heavy atom. The van der Waals surface area contributed by atoms with E-state index in [1.165, 1.54) is 21.9 Å². The van der Waals surface area contributed by atoms with Crippen molar-refractivity contribution in [2.24, 2.45) is 0 Å². The highest BCUT2D eigenvalue weighted by Gasteiger charge is 2.41. The summed E-state index contributed by atoms with van der Waals surface area (Å²) in [4.78, 5) is 13.0. The van der Waals surface area contributed by atoms with Crippen LogP contribution >= 0.6 is 0 Å². The molecule has 0 saturated carbocycles. The minimum absolute atomic E-state index is 0.336. The Morgan fingerprint density at radius 2 is 1.16 bits per heavy atom. The van der Waals surface area contributed by atoms with Crippen LogP contribution < -0.4 is 4.90 Å². The third-order valence-electron chi connectivity index (χ3n) is 10.4. The van der Waals surface area contributed by atoms with E-state index in [0.29, 0.717) is 5.82 Å². The van der Waals surface area contributed by atoms with E-state index in [-0.39, 0.29) is 5.41 Å². The van der Waals surface area contributed by atoms with E-state index in [9.17, 15) is 0 Å². The van der Waals surface area contributed by atoms with E-state index in [1.54, 1.807) is 0 Å². The highest BCUT2D eigenvalue weighted by molar-refractivity contribution is 6.25. The van der Waals surface area contributed by atoms with Crippen molar-refractivity contribution < 1.29 is 4.42 Å². The fourth-order valence-electron chi connectivity index (χ4n) is 8.08. The maximum absolute atomic E-state index is 6.93. The Balaban J connectivity index is 1.32. The van der Waals surface area contributed by atoms with Gasteiger partial charge in [-0.15, -0.1) is 0 Å². The molecule has 0 radical (unpaired) electrons. The average Bonchev–Trinajstić information content (AvgIpc) is 3.59. The zero-order valence-electron chi connectivity index (χ0n) is 28.3. The van der Waals surface area contributed by atoms with Crippen molar-refractivity contribution in [3.8, 4) is 33.8 Å². The molecular weight excluding hydrogens is 623 g/mol. The fourth-order valence-corrected chi connectivity index (χ4v) is 8.08. The van der Waals surface area contributed by atoms with Crippen molar-refractivity contribution in [1.29, 1.82) is 0 Å². The van der Waals surface area contributed by atoms with Crippen molar-refractivity contribution in [1.82, 2.24) is 9.97 Å². The highest BCUT2D eigenvalue weighted by Crippen LogP contribution is 2.57. The second-order valence-corrected chi connectivity index (χ2v) is 13.8. The van der Waals surface area contributed by atoms with Gasteiger partial charge in [0.2, 0.25) is 0 Å². The van der Waals surface area contributed by atoms with Crippen LogP contribution in [0.4, 0.5) is 17.2 Å². The molecule has 0 N–H and O–H groups in total. The van der Waals surface area contributed by atoms with Crippen molar-refractivity contribution in [3.63, 3.8) is 0 Å². The maximum atomic E-state index is 6.93. The summed E-state index contributed by atoms with van der Waals surface area (Å²) in [6, 6.07) is 57.4. The topological polar surface area (TPSA) is 42.2 Å². The molecule has 0 aliphatic carbocycles. The predicted octanol–water partition coefficient (Wildman–Crippen LogP) is 12.6. The monoisotopic (exact) mass is 655 g/mol. The molecule has 1 aliphatic rings. The molecule has 1 aliphatic heterocycles. The van der Waals surface area contributed by atoms with Crippen LogP contribution in [-0.4, -0.2) is 9.97 Å². The average molecular weight is 656 g/mol. The lowest BCUT2D eigenvalue weighted by atomic mass is 9.71. The van der Waals surface area contributed by atoms with Gasteiger partial charge in [-0.1, -0.05) is 153 Å². The van der Waals surface area contributed by atoms with Gasteiger partial charge in [-0.2, -0.15) is 0 Å². The standard InChI is InChI=1S/C47H33N3O/c1-47(2)37-25-12-13-26-39(37)50(44-43(47)35-23-10-9-22-34(35)42-36-24-11-14-27-40(36)51-45(42)44)41-29-38(31-18-7-4-8-19-31)48-46(49-41)33-21-15-20-32(28-33)30-16-5-3-6-17-30/h3-29H,1-2H3. The summed E-state index contributed by atoms with van der Waals surface area (Å²) in [7, 11) is 0. The van der Waals surface area contributed by atoms with Gasteiger partial charge >= 0.3 is 0 Å². The Hall–Kier alpha value is -6.52. The summed E-state index contributed by atoms with van der Waals surface area (Å²) in [5, 5.41) is 4.63. The van der Waals surface area contributed by atoms with Crippen molar-refractivity contribution in [2.45, 2.75) is 19.3 Å². The lowest BCUT2D eigenvalue weighted by Crippen LogP contribution is -2.31. The number of benzene rings is 7. The lowest BCUT2D eigenvalue weighted by Gasteiger charge is -2.42. The van der Waals surface area contributed by atoms with Gasteiger partial charge in [-0.05, 0) is 51.2 Å². The van der Waals surface area contributed by atoms with E-state index in [0.717, 1.165) is 67.1 Å². The first-order valence-corrected chi connectivity index (χ1v) is 17.4. The van der Waals surface area contributed by atoms with Crippen LogP contribution in [0.1, 0.15) is 25.0 Å². The first-order valence-electron chi connectivity index (χ1n) is 17.4. The summed E-state index contributed by atoms with van der Waals surface area (Å²) in [5.74, 6) is 1.44. The van der Waals surface area contributed by atoms with Gasteiger partial charge in [0.1, 0.15) is 11.4 Å². The van der Waals surface area contributed by atoms with Gasteiger partial charge in [-0.25, -0.2) is 9.97 Å². The molecule has 10 rings (SSSR count). The van der Waals surface area contributed by atoms with Crippen LogP contribution in [0.5, 0.6) is 0 Å². The van der Waals surface area contributed by atoms with Gasteiger partial charge < -0.3 is 4.42 Å². The van der Waals surface area contributed by atoms with Gasteiger partial charge in [0.25, 0.3) is 0 Å². The fraction of sp³-hybridized carbons (Fsp3) is 0.0638. The van der Waals surface area contributed by atoms with Crippen LogP contribution in [0, 0.1) is 0 Å². The summed E-state index contributed by atoms with van der Waals surface area (Å²) in [6.07, 6.45) is 0. The first kappa shape index (κ1) is 29.4. The van der Waals surface area contributed by atoms with E-state index in [2.05, 4.69) is 164 Å². The van der Waals surface area contributed by atoms with Crippen molar-refractivity contribution in [3.05, 3.63) is 175 Å². The number of rotatable bonds is 4. The number of fused-ring (bicyclic) bond motifs is 9. The SMILES string of the molecule is CC1(C)c2ccccc2N(c2cc(-c3ccccc3)nc(-c3cccc(-c4ccccc4)c3)n2)c2c1c1ccccc1c1c2oc2ccccc21. The molecular formula is C47H33N3O. The van der Waals surface area contributed by atoms with Crippen LogP contribution in [0.15, 0.2) is 168 Å². The number of nitrogens with zero attached hydrogens (tertiary/aromatic N) is 3. The van der Waals surface area contributed by atoms with Crippen LogP contribution in [-0.2, 0) is 5.41 Å². The van der Waals surface area contributed by atoms with Crippen LogP contribution in [0.2, 0.25) is 0 Å². The van der Waals surface area contributed by atoms with Crippen LogP contribution in [0.3, 0.4) is 0 Å². The Morgan fingerprint density at radius 1 is 0.529 bits per heavy atom. The molecule has 4 heteroatoms. The largest absolute Gasteiger partial charge is 0.454 e. The minimum atomic E-state index is -0.336. The summed E-state index contributed by atoms with van der Waals surface area (Å²) >= 11 is 0. The predicted molar refractivity (Wildman–Crippen MR) is 210 cm³/mol. The quantitative estimate of drug-likeness (QED) is 0.189. The number of anilines is 3. The molecule has 0 bridgehead atoms. The normalized spacial score (nSPS) is 13.4. The molecule has 0 fully saturated rings. The summed E-state index contributed by atoms with van der Waals surface area (Å²) < 4.78 is 6.93. The van der Waals surface area contributed by atoms with Crippen molar-refractivity contribution in [2.75, 3.05) is 4.90 Å². The van der Waals surface area contributed by atoms with E-state index in [1.807, 2.05) is 18.2 Å². The van der Waals surface area contributed by atoms with E-state index in [4.69, 9.17) is 14.4 Å². The molecule has 7 aromatic carbocycles. The molecule has 0 amide bonds. The molecule has 242 valence electrons. The molecule has 4 nitrogen and oxygen atoms in total. The Labute approximate surface area is 296 Å². The van der Waals surface area contributed by atoms with Crippen molar-refractivity contribution >= 4 is 49.9 Å². The molecule has 3 heterocycles. The summed E-state index contributed by atoms with van der Waals surface area (Å²) in [6.45, 7) is 4.66. The summed E-state index contributed by atoms with van der Waals surface area (Å²) in [5.41, 5.74) is 11.0. The first-order chi connectivity index (χ1) is 25.1. The smallest absolute Gasteiger partial charge is 0.162 e. The third-order valence-corrected chi connectivity index (χ3v) is 10.4. The number of aromatic nitrogens is 2. The molecule has 0 saturated heterocycles. The third kappa shape index (κ3) is 4.53. The Kier molecular flexibility index (Phi) is 6.49. The maximum Gasteiger partial charge on any atom is 0.162 e. The lowest BCUT2D eigenvalue weighted by molar-refractivity contribution is 0.628. The van der Waals surface area contributed by atoms with Gasteiger partial charge in [0.05, 0.1) is 17.1 Å². The van der Waals surface area contributed by atoms with E-state index >= 15 is 0 Å². The minimum Gasteiger partial charge on any atom is -0.454 e. The second kappa shape index (κ2) is 11.3. The van der Waals surface area contributed by atoms with Crippen LogP contribution in [0.25, 0.3) is 66.5 Å². The molecule has 51 heavy (non-hydrogen) atoms. The molecule has 0 unspecified atom stereocenters. The molecule has 9 aromatic rings. The zero-order valence-corrected chi connectivity index (χ0v) is 28.3. The number of para-hydroxylation sites is 2. The number of hydrogen-bond donors (Lipinski definition) is 0. The van der Waals surface area contributed by atoms with Gasteiger partial charge in [0.15, 0.2) is 11.4 Å². The van der Waals surface area contributed by atoms with E-state index < -0.39 is 0 Å². The number of hydrogen-bond acceptors (Lipinski definition) is 4. The molecule has 0 atom stereocenters. The highest BCUT2D eigenvalue weighted by atomic mass is 16.3.